The van der Waals surface area contributed by atoms with Gasteiger partial charge in [0.1, 0.15) is 41.5 Å². The fourth-order valence-corrected chi connectivity index (χ4v) is 8.85. The van der Waals surface area contributed by atoms with Gasteiger partial charge in [0, 0.05) is 42.3 Å². The molecular weight excluding hydrogens is 656 g/mol. The maximum atomic E-state index is 13.8. The highest BCUT2D eigenvalue weighted by Gasteiger charge is 2.71. The van der Waals surface area contributed by atoms with Crippen molar-refractivity contribution in [3.63, 3.8) is 0 Å². The van der Waals surface area contributed by atoms with E-state index in [0.717, 1.165) is 0 Å². The Morgan fingerprint density at radius 3 is 2.45 bits per heavy atom. The van der Waals surface area contributed by atoms with Crippen LogP contribution in [0.3, 0.4) is 0 Å². The summed E-state index contributed by atoms with van der Waals surface area (Å²) < 4.78 is 30.6. The fraction of sp³-hybridized carbons (Fsp3) is 0.487. The van der Waals surface area contributed by atoms with Gasteiger partial charge in [-0.2, -0.15) is 5.26 Å². The molecule has 1 aliphatic heterocycles. The summed E-state index contributed by atoms with van der Waals surface area (Å²) in [4.78, 5) is 56.9. The number of benzene rings is 1. The van der Waals surface area contributed by atoms with Crippen LogP contribution in [0.1, 0.15) is 88.4 Å². The van der Waals surface area contributed by atoms with Crippen LogP contribution in [0.2, 0.25) is 0 Å². The van der Waals surface area contributed by atoms with Crippen LogP contribution >= 0.6 is 0 Å². The molecule has 6 rings (SSSR count). The maximum Gasteiger partial charge on any atom is 0.345 e. The first-order valence-corrected chi connectivity index (χ1v) is 17.1. The van der Waals surface area contributed by atoms with Gasteiger partial charge in [0.15, 0.2) is 0 Å². The Bertz CT molecular complexity index is 1940. The Kier molecular flexibility index (Phi) is 9.31. The molecule has 2 saturated carbocycles. The number of aliphatic hydroxyl groups excluding tert-OH is 1. The van der Waals surface area contributed by atoms with Crippen molar-refractivity contribution in [1.82, 2.24) is 4.98 Å². The number of nitrogens with zero attached hydrogens (tertiary/aromatic N) is 2. The van der Waals surface area contributed by atoms with Crippen molar-refractivity contribution in [2.24, 2.45) is 28.6 Å². The Labute approximate surface area is 295 Å². The summed E-state index contributed by atoms with van der Waals surface area (Å²) in [5.41, 5.74) is -2.95. The molecular formula is C39H42N2O10. The number of aliphatic hydroxyl groups is 1. The van der Waals surface area contributed by atoms with Crippen LogP contribution in [0.5, 0.6) is 5.75 Å². The van der Waals surface area contributed by atoms with Crippen molar-refractivity contribution in [3.8, 4) is 23.1 Å². The third-order valence-electron chi connectivity index (χ3n) is 11.3. The van der Waals surface area contributed by atoms with Crippen LogP contribution in [0, 0.1) is 39.9 Å². The molecule has 1 N–H and O–H groups in total. The Balaban J connectivity index is 1.49. The van der Waals surface area contributed by atoms with E-state index in [2.05, 4.69) is 4.98 Å². The maximum absolute atomic E-state index is 13.8. The van der Waals surface area contributed by atoms with E-state index >= 15 is 0 Å². The first-order chi connectivity index (χ1) is 24.1. The number of rotatable bonds is 7. The summed E-state index contributed by atoms with van der Waals surface area (Å²) in [6.45, 7) is 10.3. The Morgan fingerprint density at radius 1 is 1.10 bits per heavy atom. The van der Waals surface area contributed by atoms with Gasteiger partial charge in [-0.05, 0) is 73.9 Å². The van der Waals surface area contributed by atoms with Crippen LogP contribution in [-0.4, -0.2) is 52.4 Å². The molecule has 3 aliphatic rings. The van der Waals surface area contributed by atoms with E-state index in [1.165, 1.54) is 37.4 Å². The van der Waals surface area contributed by atoms with Gasteiger partial charge < -0.3 is 28.5 Å². The van der Waals surface area contributed by atoms with Crippen molar-refractivity contribution < 1.29 is 42.9 Å². The third-order valence-corrected chi connectivity index (χ3v) is 11.3. The predicted molar refractivity (Wildman–Crippen MR) is 181 cm³/mol. The molecule has 51 heavy (non-hydrogen) atoms. The molecule has 0 saturated heterocycles. The molecule has 3 aromatic rings. The van der Waals surface area contributed by atoms with Crippen LogP contribution in [0.15, 0.2) is 64.1 Å². The van der Waals surface area contributed by atoms with Gasteiger partial charge in [0.2, 0.25) is 0 Å². The average molecular weight is 699 g/mol. The zero-order chi connectivity index (χ0) is 36.9. The largest absolute Gasteiger partial charge is 0.482 e. The minimum absolute atomic E-state index is 0.0563. The lowest BCUT2D eigenvalue weighted by molar-refractivity contribution is -0.267. The van der Waals surface area contributed by atoms with Crippen LogP contribution in [0.25, 0.3) is 11.3 Å². The van der Waals surface area contributed by atoms with Gasteiger partial charge in [0.05, 0.1) is 29.2 Å². The van der Waals surface area contributed by atoms with Crippen molar-refractivity contribution in [1.29, 1.82) is 5.26 Å². The standard InChI is InChI=1S/C39H42N2O10/c1-21(2)34(44)47-20-38(5)28-17-30(50-35(45)24-11-9-23(18-40)10-12-24)39(6)33(37(28,4)14-13-29(38)48-22(3)42)32(43)31-27(51-39)16-26(49-36(31)46)25-8-7-15-41-19-25/h7-12,15-16,19,21,28-30,32-33,43H,13-14,17,20H2,1-6H3/t28?,29-,30-,32-,33?,37-,38?,39+/m0/s1. The van der Waals surface area contributed by atoms with Crippen molar-refractivity contribution in [2.45, 2.75) is 84.7 Å². The number of hydrogen-bond acceptors (Lipinski definition) is 12. The average Bonchev–Trinajstić information content (AvgIpc) is 3.09. The highest BCUT2D eigenvalue weighted by atomic mass is 16.6. The van der Waals surface area contributed by atoms with Gasteiger partial charge in [-0.25, -0.2) is 9.59 Å². The molecule has 1 aromatic carbocycles. The minimum atomic E-state index is -1.42. The van der Waals surface area contributed by atoms with Gasteiger partial charge >= 0.3 is 23.5 Å². The van der Waals surface area contributed by atoms with E-state index in [0.29, 0.717) is 24.0 Å². The SMILES string of the molecule is CC(=O)O[C@H]1CC[C@@]2(C)C(C[C@H](OC(=O)c3ccc(C#N)cc3)[C@@]3(C)Oc4cc(-c5cccnc5)oc(=O)c4[C@H](O)C23)C1(C)COC(=O)C(C)C. The molecule has 12 nitrogen and oxygen atoms in total. The van der Waals surface area contributed by atoms with E-state index in [9.17, 15) is 29.5 Å². The third kappa shape index (κ3) is 6.18. The van der Waals surface area contributed by atoms with Crippen molar-refractivity contribution in [2.75, 3.05) is 6.61 Å². The number of esters is 3. The van der Waals surface area contributed by atoms with E-state index in [-0.39, 0.29) is 35.7 Å². The number of carbonyl (C=O) groups is 3. The number of pyridine rings is 1. The summed E-state index contributed by atoms with van der Waals surface area (Å²) in [5, 5.41) is 21.6. The zero-order valence-electron chi connectivity index (χ0n) is 29.5. The molecule has 3 heterocycles. The molecule has 2 fully saturated rings. The summed E-state index contributed by atoms with van der Waals surface area (Å²) in [7, 11) is 0. The molecule has 0 bridgehead atoms. The number of carbonyl (C=O) groups excluding carboxylic acids is 3. The normalized spacial score (nSPS) is 30.8. The molecule has 0 spiro atoms. The van der Waals surface area contributed by atoms with Crippen molar-refractivity contribution in [3.05, 3.63) is 82.0 Å². The summed E-state index contributed by atoms with van der Waals surface area (Å²) in [5.74, 6) is -3.05. The second kappa shape index (κ2) is 13.3. The molecule has 8 atom stereocenters. The van der Waals surface area contributed by atoms with Gasteiger partial charge in [0.25, 0.3) is 0 Å². The van der Waals surface area contributed by atoms with E-state index in [1.807, 2.05) is 19.9 Å². The van der Waals surface area contributed by atoms with Crippen LogP contribution in [0.4, 0.5) is 0 Å². The second-order valence-electron chi connectivity index (χ2n) is 14.9. The lowest BCUT2D eigenvalue weighted by Gasteiger charge is -2.66. The Hall–Kier alpha value is -5.02. The summed E-state index contributed by atoms with van der Waals surface area (Å²) in [6, 6.07) is 13.0. The quantitative estimate of drug-likeness (QED) is 0.241. The lowest BCUT2D eigenvalue weighted by atomic mass is 9.42. The molecule has 12 heteroatoms. The van der Waals surface area contributed by atoms with E-state index in [4.69, 9.17) is 23.4 Å². The van der Waals surface area contributed by atoms with Crippen molar-refractivity contribution >= 4 is 17.9 Å². The number of fused-ring (bicyclic) bond motifs is 4. The summed E-state index contributed by atoms with van der Waals surface area (Å²) >= 11 is 0. The highest BCUT2D eigenvalue weighted by molar-refractivity contribution is 5.89. The monoisotopic (exact) mass is 698 g/mol. The first-order valence-electron chi connectivity index (χ1n) is 17.1. The smallest absolute Gasteiger partial charge is 0.345 e. The van der Waals surface area contributed by atoms with Crippen LogP contribution in [-0.2, 0) is 23.8 Å². The van der Waals surface area contributed by atoms with E-state index in [1.54, 1.807) is 45.2 Å². The minimum Gasteiger partial charge on any atom is -0.482 e. The molecule has 0 radical (unpaired) electrons. The van der Waals surface area contributed by atoms with Crippen LogP contribution < -0.4 is 10.4 Å². The Morgan fingerprint density at radius 2 is 1.82 bits per heavy atom. The number of ether oxygens (including phenoxy) is 4. The first kappa shape index (κ1) is 35.8. The van der Waals surface area contributed by atoms with Gasteiger partial charge in [-0.3, -0.25) is 14.6 Å². The number of hydrogen-bond donors (Lipinski definition) is 1. The fourth-order valence-electron chi connectivity index (χ4n) is 8.85. The number of aromatic nitrogens is 1. The highest BCUT2D eigenvalue weighted by Crippen LogP contribution is 2.67. The summed E-state index contributed by atoms with van der Waals surface area (Å²) in [6.07, 6.45) is 1.01. The van der Waals surface area contributed by atoms with E-state index < -0.39 is 76.0 Å². The second-order valence-corrected chi connectivity index (χ2v) is 14.9. The molecule has 268 valence electrons. The number of nitriles is 1. The molecule has 0 amide bonds. The van der Waals surface area contributed by atoms with Gasteiger partial charge in [-0.15, -0.1) is 0 Å². The molecule has 3 unspecified atom stereocenters. The molecule has 2 aliphatic carbocycles. The molecule has 2 aromatic heterocycles. The predicted octanol–water partition coefficient (Wildman–Crippen LogP) is 5.56. The topological polar surface area (TPSA) is 175 Å². The zero-order valence-corrected chi connectivity index (χ0v) is 29.5. The lowest BCUT2D eigenvalue weighted by Crippen LogP contribution is -2.71. The van der Waals surface area contributed by atoms with Gasteiger partial charge in [-0.1, -0.05) is 27.7 Å².